The van der Waals surface area contributed by atoms with E-state index in [1.54, 1.807) is 0 Å². The van der Waals surface area contributed by atoms with E-state index < -0.39 is 22.0 Å². The van der Waals surface area contributed by atoms with Crippen LogP contribution in [-0.4, -0.2) is 20.6 Å². The molecule has 3 atom stereocenters. The van der Waals surface area contributed by atoms with Gasteiger partial charge in [0.05, 0.1) is 6.17 Å². The zero-order chi connectivity index (χ0) is 14.0. The minimum atomic E-state index is -3.87. The molecule has 0 aliphatic carbocycles. The molecule has 1 saturated heterocycles. The molecule has 1 heterocycles. The van der Waals surface area contributed by atoms with Crippen molar-refractivity contribution in [2.24, 2.45) is 5.92 Å². The van der Waals surface area contributed by atoms with Gasteiger partial charge in [0, 0.05) is 12.0 Å². The second-order valence-electron chi connectivity index (χ2n) is 4.69. The Labute approximate surface area is 112 Å². The fourth-order valence-electron chi connectivity index (χ4n) is 2.20. The number of sulfonamides is 1. The maximum Gasteiger partial charge on any atom is 0.244 e. The molecule has 1 aliphatic rings. The third-order valence-electron chi connectivity index (χ3n) is 3.43. The number of halogens is 1. The summed E-state index contributed by atoms with van der Waals surface area (Å²) in [6.07, 6.45) is 0.432. The zero-order valence-corrected chi connectivity index (χ0v) is 11.7. The summed E-state index contributed by atoms with van der Waals surface area (Å²) in [6.45, 7) is 3.96. The van der Waals surface area contributed by atoms with Gasteiger partial charge in [0.25, 0.3) is 0 Å². The molecule has 1 aromatic carbocycles. The van der Waals surface area contributed by atoms with Gasteiger partial charge in [-0.1, -0.05) is 26.0 Å². The third-order valence-corrected chi connectivity index (χ3v) is 4.91. The summed E-state index contributed by atoms with van der Waals surface area (Å²) < 4.78 is 40.3. The van der Waals surface area contributed by atoms with Gasteiger partial charge in [0.1, 0.15) is 10.7 Å². The molecule has 1 fully saturated rings. The lowest BCUT2D eigenvalue weighted by Crippen LogP contribution is -2.46. The summed E-state index contributed by atoms with van der Waals surface area (Å²) in [5, 5.41) is 0. The Balaban J connectivity index is 2.17. The molecule has 0 spiro atoms. The summed E-state index contributed by atoms with van der Waals surface area (Å²) in [7, 11) is -3.87. The summed E-state index contributed by atoms with van der Waals surface area (Å²) in [5.74, 6) is -0.674. The van der Waals surface area contributed by atoms with Crippen LogP contribution in [0.15, 0.2) is 29.2 Å². The van der Waals surface area contributed by atoms with Crippen molar-refractivity contribution < 1.29 is 12.8 Å². The van der Waals surface area contributed by atoms with E-state index in [1.807, 2.05) is 13.8 Å². The fourth-order valence-corrected chi connectivity index (χ4v) is 3.51. The van der Waals surface area contributed by atoms with Gasteiger partial charge >= 0.3 is 0 Å². The van der Waals surface area contributed by atoms with E-state index in [2.05, 4.69) is 15.6 Å². The first-order valence-corrected chi connectivity index (χ1v) is 7.72. The van der Waals surface area contributed by atoms with Gasteiger partial charge in [-0.05, 0) is 18.6 Å². The minimum absolute atomic E-state index is 0.0755. The molecule has 3 unspecified atom stereocenters. The van der Waals surface area contributed by atoms with Crippen molar-refractivity contribution in [3.8, 4) is 0 Å². The van der Waals surface area contributed by atoms with Crippen LogP contribution >= 0.6 is 0 Å². The van der Waals surface area contributed by atoms with Crippen LogP contribution in [0.2, 0.25) is 0 Å². The van der Waals surface area contributed by atoms with Gasteiger partial charge in [-0.15, -0.1) is 0 Å². The van der Waals surface area contributed by atoms with Crippen molar-refractivity contribution in [1.82, 2.24) is 15.6 Å². The van der Waals surface area contributed by atoms with Gasteiger partial charge in [-0.3, -0.25) is 5.43 Å². The average molecular weight is 287 g/mol. The first-order valence-electron chi connectivity index (χ1n) is 6.23. The van der Waals surface area contributed by atoms with Crippen LogP contribution in [0, 0.1) is 11.7 Å². The highest BCUT2D eigenvalue weighted by molar-refractivity contribution is 7.89. The molecule has 106 valence electrons. The van der Waals surface area contributed by atoms with Gasteiger partial charge in [0.15, 0.2) is 0 Å². The largest absolute Gasteiger partial charge is 0.253 e. The molecule has 1 aliphatic heterocycles. The van der Waals surface area contributed by atoms with Crippen molar-refractivity contribution >= 4 is 10.0 Å². The molecule has 19 heavy (non-hydrogen) atoms. The number of rotatable bonds is 4. The van der Waals surface area contributed by atoms with Gasteiger partial charge in [-0.2, -0.15) is 4.72 Å². The molecule has 0 radical (unpaired) electrons. The first kappa shape index (κ1) is 14.4. The van der Waals surface area contributed by atoms with Crippen molar-refractivity contribution in [2.45, 2.75) is 37.4 Å². The molecular weight excluding hydrogens is 269 g/mol. The quantitative estimate of drug-likeness (QED) is 0.771. The first-order chi connectivity index (χ1) is 8.95. The smallest absolute Gasteiger partial charge is 0.244 e. The van der Waals surface area contributed by atoms with Gasteiger partial charge < -0.3 is 0 Å². The molecule has 0 aromatic heterocycles. The van der Waals surface area contributed by atoms with E-state index in [1.165, 1.54) is 18.2 Å². The number of hydrogen-bond acceptors (Lipinski definition) is 4. The predicted molar refractivity (Wildman–Crippen MR) is 70.0 cm³/mol. The van der Waals surface area contributed by atoms with Crippen molar-refractivity contribution in [2.75, 3.05) is 0 Å². The Morgan fingerprint density at radius 2 is 2.00 bits per heavy atom. The topological polar surface area (TPSA) is 70.2 Å². The van der Waals surface area contributed by atoms with Crippen LogP contribution in [0.25, 0.3) is 0 Å². The molecule has 0 amide bonds. The summed E-state index contributed by atoms with van der Waals surface area (Å²) >= 11 is 0. The van der Waals surface area contributed by atoms with E-state index in [9.17, 15) is 12.8 Å². The molecule has 1 aromatic rings. The van der Waals surface area contributed by atoms with Crippen LogP contribution in [0.4, 0.5) is 4.39 Å². The predicted octanol–water partition coefficient (Wildman–Crippen LogP) is 0.953. The number of benzene rings is 1. The van der Waals surface area contributed by atoms with Crippen molar-refractivity contribution in [1.29, 1.82) is 0 Å². The van der Waals surface area contributed by atoms with E-state index in [0.717, 1.165) is 12.5 Å². The molecule has 3 N–H and O–H groups in total. The molecule has 0 saturated carbocycles. The highest BCUT2D eigenvalue weighted by atomic mass is 32.2. The lowest BCUT2D eigenvalue weighted by atomic mass is 10.0. The molecule has 5 nitrogen and oxygen atoms in total. The van der Waals surface area contributed by atoms with Crippen molar-refractivity contribution in [3.63, 3.8) is 0 Å². The van der Waals surface area contributed by atoms with E-state index in [-0.39, 0.29) is 16.9 Å². The summed E-state index contributed by atoms with van der Waals surface area (Å²) in [6, 6.07) is 5.53. The normalized spacial score (nSPS) is 27.6. The zero-order valence-electron chi connectivity index (χ0n) is 10.9. The number of nitrogens with one attached hydrogen (secondary N) is 3. The SMILES string of the molecule is CCC1NNC(NS(=O)(=O)c2ccccc2F)C1C. The summed E-state index contributed by atoms with van der Waals surface area (Å²) in [5.41, 5.74) is 5.91. The third kappa shape index (κ3) is 2.94. The summed E-state index contributed by atoms with van der Waals surface area (Å²) in [4.78, 5) is -0.330. The Hall–Kier alpha value is -1.02. The number of hydrazine groups is 1. The highest BCUT2D eigenvalue weighted by Crippen LogP contribution is 2.19. The highest BCUT2D eigenvalue weighted by Gasteiger charge is 2.34. The molecule has 2 rings (SSSR count). The Morgan fingerprint density at radius 1 is 1.32 bits per heavy atom. The van der Waals surface area contributed by atoms with Crippen LogP contribution in [-0.2, 0) is 10.0 Å². The Morgan fingerprint density at radius 3 is 2.58 bits per heavy atom. The molecule has 0 bridgehead atoms. The Kier molecular flexibility index (Phi) is 4.19. The molecule has 7 heteroatoms. The van der Waals surface area contributed by atoms with Crippen LogP contribution in [0.3, 0.4) is 0 Å². The minimum Gasteiger partial charge on any atom is -0.253 e. The van der Waals surface area contributed by atoms with E-state index >= 15 is 0 Å². The second kappa shape index (κ2) is 5.54. The standard InChI is InChI=1S/C12H18FN3O2S/c1-3-10-8(2)12(15-14-10)16-19(17,18)11-7-5-4-6-9(11)13/h4-8,10,12,14-16H,3H2,1-2H3. The van der Waals surface area contributed by atoms with E-state index in [0.29, 0.717) is 0 Å². The molecular formula is C12H18FN3O2S. The maximum absolute atomic E-state index is 13.5. The fraction of sp³-hybridized carbons (Fsp3) is 0.500. The monoisotopic (exact) mass is 287 g/mol. The Bertz CT molecular complexity index is 550. The van der Waals surface area contributed by atoms with Crippen LogP contribution in [0.1, 0.15) is 20.3 Å². The van der Waals surface area contributed by atoms with Crippen LogP contribution < -0.4 is 15.6 Å². The lowest BCUT2D eigenvalue weighted by molar-refractivity contribution is 0.417. The van der Waals surface area contributed by atoms with Crippen molar-refractivity contribution in [3.05, 3.63) is 30.1 Å². The average Bonchev–Trinajstić information content (AvgIpc) is 2.70. The lowest BCUT2D eigenvalue weighted by Gasteiger charge is -2.19. The van der Waals surface area contributed by atoms with E-state index in [4.69, 9.17) is 0 Å². The second-order valence-corrected chi connectivity index (χ2v) is 6.37. The van der Waals surface area contributed by atoms with Crippen LogP contribution in [0.5, 0.6) is 0 Å². The van der Waals surface area contributed by atoms with Gasteiger partial charge in [0.2, 0.25) is 10.0 Å². The number of hydrogen-bond donors (Lipinski definition) is 3. The maximum atomic E-state index is 13.5. The van der Waals surface area contributed by atoms with Gasteiger partial charge in [-0.25, -0.2) is 18.2 Å².